The second-order valence-corrected chi connectivity index (χ2v) is 5.70. The Balaban J connectivity index is 1.76. The number of methoxy groups -OCH3 is 1. The van der Waals surface area contributed by atoms with Crippen molar-refractivity contribution in [2.24, 2.45) is 0 Å². The first-order valence-corrected chi connectivity index (χ1v) is 7.57. The predicted octanol–water partition coefficient (Wildman–Crippen LogP) is 3.33. The summed E-state index contributed by atoms with van der Waals surface area (Å²) in [5.41, 5.74) is 1.35. The van der Waals surface area contributed by atoms with Gasteiger partial charge in [0.25, 0.3) is 11.1 Å². The SMILES string of the molecule is COc1ccc(NC2SC(=O)N(c3ccccc3)C2=O)cc1. The van der Waals surface area contributed by atoms with Crippen molar-refractivity contribution in [2.45, 2.75) is 5.37 Å². The van der Waals surface area contributed by atoms with E-state index in [-0.39, 0.29) is 11.1 Å². The fraction of sp³-hybridized carbons (Fsp3) is 0.125. The summed E-state index contributed by atoms with van der Waals surface area (Å²) >= 11 is 0.976. The van der Waals surface area contributed by atoms with Crippen molar-refractivity contribution >= 4 is 34.3 Å². The Kier molecular flexibility index (Phi) is 4.02. The standard InChI is InChI=1S/C16H14N2O3S/c1-21-13-9-7-11(8-10-13)17-14-15(19)18(16(20)22-14)12-5-3-2-4-6-12/h2-10,14,17H,1H3. The van der Waals surface area contributed by atoms with Gasteiger partial charge in [0.15, 0.2) is 5.37 Å². The van der Waals surface area contributed by atoms with E-state index in [1.807, 2.05) is 18.2 Å². The van der Waals surface area contributed by atoms with Crippen LogP contribution in [-0.2, 0) is 4.79 Å². The first-order chi connectivity index (χ1) is 10.7. The summed E-state index contributed by atoms with van der Waals surface area (Å²) in [7, 11) is 1.59. The molecule has 1 aliphatic rings. The molecule has 112 valence electrons. The smallest absolute Gasteiger partial charge is 0.295 e. The van der Waals surface area contributed by atoms with Crippen molar-refractivity contribution in [3.8, 4) is 5.75 Å². The normalized spacial score (nSPS) is 17.7. The van der Waals surface area contributed by atoms with Crippen molar-refractivity contribution in [1.82, 2.24) is 0 Å². The third-order valence-electron chi connectivity index (χ3n) is 3.25. The molecular weight excluding hydrogens is 300 g/mol. The number of hydrogen-bond donors (Lipinski definition) is 1. The van der Waals surface area contributed by atoms with Crippen LogP contribution in [0.4, 0.5) is 16.2 Å². The monoisotopic (exact) mass is 314 g/mol. The molecule has 3 rings (SSSR count). The minimum atomic E-state index is -0.624. The number of para-hydroxylation sites is 1. The Morgan fingerprint density at radius 2 is 1.73 bits per heavy atom. The van der Waals surface area contributed by atoms with Gasteiger partial charge in [0.2, 0.25) is 0 Å². The highest BCUT2D eigenvalue weighted by Crippen LogP contribution is 2.32. The van der Waals surface area contributed by atoms with Crippen molar-refractivity contribution < 1.29 is 14.3 Å². The summed E-state index contributed by atoms with van der Waals surface area (Å²) < 4.78 is 5.09. The van der Waals surface area contributed by atoms with Crippen molar-refractivity contribution in [3.63, 3.8) is 0 Å². The van der Waals surface area contributed by atoms with Gasteiger partial charge in [0, 0.05) is 5.69 Å². The zero-order chi connectivity index (χ0) is 15.5. The number of anilines is 2. The summed E-state index contributed by atoms with van der Waals surface area (Å²) in [6.07, 6.45) is 0. The van der Waals surface area contributed by atoms with Gasteiger partial charge in [0.05, 0.1) is 12.8 Å². The number of ether oxygens (including phenoxy) is 1. The molecule has 1 aliphatic heterocycles. The molecule has 2 aromatic rings. The quantitative estimate of drug-likeness (QED) is 0.938. The van der Waals surface area contributed by atoms with E-state index in [4.69, 9.17) is 4.74 Å². The van der Waals surface area contributed by atoms with E-state index in [9.17, 15) is 9.59 Å². The summed E-state index contributed by atoms with van der Waals surface area (Å²) in [5, 5.41) is 2.17. The molecule has 0 saturated carbocycles. The van der Waals surface area contributed by atoms with Gasteiger partial charge >= 0.3 is 0 Å². The number of nitrogens with zero attached hydrogens (tertiary/aromatic N) is 1. The number of carbonyl (C=O) groups is 2. The second-order valence-electron chi connectivity index (χ2n) is 4.65. The van der Waals surface area contributed by atoms with Gasteiger partial charge < -0.3 is 10.1 Å². The van der Waals surface area contributed by atoms with E-state index >= 15 is 0 Å². The van der Waals surface area contributed by atoms with Crippen LogP contribution in [0.25, 0.3) is 0 Å². The fourth-order valence-corrected chi connectivity index (χ4v) is 3.05. The van der Waals surface area contributed by atoms with Gasteiger partial charge in [-0.2, -0.15) is 0 Å². The molecule has 0 bridgehead atoms. The highest BCUT2D eigenvalue weighted by atomic mass is 32.2. The van der Waals surface area contributed by atoms with Gasteiger partial charge in [-0.3, -0.25) is 9.59 Å². The van der Waals surface area contributed by atoms with E-state index in [2.05, 4.69) is 5.32 Å². The average molecular weight is 314 g/mol. The molecule has 0 aliphatic carbocycles. The van der Waals surface area contributed by atoms with Crippen LogP contribution in [0.15, 0.2) is 54.6 Å². The fourth-order valence-electron chi connectivity index (χ4n) is 2.15. The lowest BCUT2D eigenvalue weighted by atomic mass is 10.3. The van der Waals surface area contributed by atoms with E-state index in [0.717, 1.165) is 23.2 Å². The topological polar surface area (TPSA) is 58.6 Å². The Hall–Kier alpha value is -2.47. The number of rotatable bonds is 4. The van der Waals surface area contributed by atoms with Gasteiger partial charge in [-0.25, -0.2) is 4.90 Å². The Labute approximate surface area is 132 Å². The molecule has 22 heavy (non-hydrogen) atoms. The molecule has 1 fully saturated rings. The highest BCUT2D eigenvalue weighted by Gasteiger charge is 2.40. The maximum absolute atomic E-state index is 12.4. The number of imide groups is 1. The van der Waals surface area contributed by atoms with Crippen LogP contribution in [-0.4, -0.2) is 23.6 Å². The maximum Gasteiger partial charge on any atom is 0.295 e. The average Bonchev–Trinajstić information content (AvgIpc) is 2.83. The third kappa shape index (κ3) is 2.78. The van der Waals surface area contributed by atoms with E-state index < -0.39 is 5.37 Å². The molecule has 6 heteroatoms. The minimum Gasteiger partial charge on any atom is -0.497 e. The van der Waals surface area contributed by atoms with Gasteiger partial charge in [-0.15, -0.1) is 0 Å². The zero-order valence-corrected chi connectivity index (χ0v) is 12.7. The van der Waals surface area contributed by atoms with Gasteiger partial charge in [-0.05, 0) is 48.2 Å². The first-order valence-electron chi connectivity index (χ1n) is 6.69. The lowest BCUT2D eigenvalue weighted by molar-refractivity contribution is -0.116. The predicted molar refractivity (Wildman–Crippen MR) is 87.3 cm³/mol. The van der Waals surface area contributed by atoms with Crippen LogP contribution in [0.1, 0.15) is 0 Å². The Bertz CT molecular complexity index is 688. The molecule has 0 aromatic heterocycles. The lowest BCUT2D eigenvalue weighted by Gasteiger charge is -2.14. The van der Waals surface area contributed by atoms with Crippen LogP contribution in [0, 0.1) is 0 Å². The number of carbonyl (C=O) groups excluding carboxylic acids is 2. The van der Waals surface area contributed by atoms with Crippen LogP contribution >= 0.6 is 11.8 Å². The zero-order valence-electron chi connectivity index (χ0n) is 11.9. The first kappa shape index (κ1) is 14.5. The molecule has 1 heterocycles. The number of thioether (sulfide) groups is 1. The molecule has 1 saturated heterocycles. The molecule has 0 spiro atoms. The number of amides is 2. The van der Waals surface area contributed by atoms with Gasteiger partial charge in [0.1, 0.15) is 5.75 Å². The molecule has 1 atom stereocenters. The van der Waals surface area contributed by atoms with Gasteiger partial charge in [-0.1, -0.05) is 18.2 Å². The molecular formula is C16H14N2O3S. The number of hydrogen-bond acceptors (Lipinski definition) is 5. The second kappa shape index (κ2) is 6.11. The summed E-state index contributed by atoms with van der Waals surface area (Å²) in [6, 6.07) is 16.1. The van der Waals surface area contributed by atoms with Crippen molar-refractivity contribution in [2.75, 3.05) is 17.3 Å². The van der Waals surface area contributed by atoms with E-state index in [1.165, 1.54) is 4.90 Å². The lowest BCUT2D eigenvalue weighted by Crippen LogP contribution is -2.34. The number of nitrogens with one attached hydrogen (secondary N) is 1. The summed E-state index contributed by atoms with van der Waals surface area (Å²) in [6.45, 7) is 0. The number of benzene rings is 2. The molecule has 1 unspecified atom stereocenters. The Morgan fingerprint density at radius 3 is 2.36 bits per heavy atom. The highest BCUT2D eigenvalue weighted by molar-refractivity contribution is 8.16. The third-order valence-corrected chi connectivity index (χ3v) is 4.19. The van der Waals surface area contributed by atoms with E-state index in [0.29, 0.717) is 5.69 Å². The largest absolute Gasteiger partial charge is 0.497 e. The summed E-state index contributed by atoms with van der Waals surface area (Å²) in [5.74, 6) is 0.468. The summed E-state index contributed by atoms with van der Waals surface area (Å²) in [4.78, 5) is 25.7. The van der Waals surface area contributed by atoms with Crippen LogP contribution in [0.2, 0.25) is 0 Å². The molecule has 2 aromatic carbocycles. The van der Waals surface area contributed by atoms with Crippen LogP contribution in [0.5, 0.6) is 5.75 Å². The van der Waals surface area contributed by atoms with Crippen LogP contribution in [0.3, 0.4) is 0 Å². The molecule has 0 radical (unpaired) electrons. The van der Waals surface area contributed by atoms with Crippen molar-refractivity contribution in [1.29, 1.82) is 0 Å². The molecule has 2 amide bonds. The van der Waals surface area contributed by atoms with Crippen LogP contribution < -0.4 is 15.0 Å². The minimum absolute atomic E-state index is 0.267. The van der Waals surface area contributed by atoms with E-state index in [1.54, 1.807) is 43.5 Å². The maximum atomic E-state index is 12.4. The Morgan fingerprint density at radius 1 is 1.05 bits per heavy atom. The molecule has 5 nitrogen and oxygen atoms in total. The molecule has 1 N–H and O–H groups in total. The van der Waals surface area contributed by atoms with Crippen molar-refractivity contribution in [3.05, 3.63) is 54.6 Å².